The maximum atomic E-state index is 13.4. The van der Waals surface area contributed by atoms with Crippen molar-refractivity contribution < 1.29 is 19.1 Å². The van der Waals surface area contributed by atoms with Crippen molar-refractivity contribution in [2.24, 2.45) is 5.92 Å². The Labute approximate surface area is 194 Å². The number of amides is 3. The van der Waals surface area contributed by atoms with E-state index in [0.29, 0.717) is 42.8 Å². The van der Waals surface area contributed by atoms with Crippen molar-refractivity contribution in [1.29, 1.82) is 0 Å². The van der Waals surface area contributed by atoms with E-state index in [-0.39, 0.29) is 23.6 Å². The Morgan fingerprint density at radius 3 is 2.21 bits per heavy atom. The summed E-state index contributed by atoms with van der Waals surface area (Å²) in [6.45, 7) is 2.60. The first-order chi connectivity index (χ1) is 16.1. The van der Waals surface area contributed by atoms with Gasteiger partial charge in [0, 0.05) is 37.3 Å². The molecule has 2 heterocycles. The molecule has 2 aromatic carbocycles. The lowest BCUT2D eigenvalue weighted by Crippen LogP contribution is -2.54. The standard InChI is InChI=1S/C26H31N3O4/c1-33-22-11-7-10-21(18-22)24(30)27-23(26(32)28-14-5-6-15-28)19-12-16-29(17-13-19)25(31)20-8-3-2-4-9-20/h2-4,7-11,18-19,23H,5-6,12-17H2,1H3,(H,27,30)/t23-/m0/s1. The molecule has 0 unspecified atom stereocenters. The summed E-state index contributed by atoms with van der Waals surface area (Å²) >= 11 is 0. The highest BCUT2D eigenvalue weighted by Crippen LogP contribution is 2.25. The molecule has 2 aliphatic heterocycles. The first-order valence-electron chi connectivity index (χ1n) is 11.6. The quantitative estimate of drug-likeness (QED) is 0.736. The van der Waals surface area contributed by atoms with Gasteiger partial charge in [-0.05, 0) is 61.9 Å². The molecule has 0 spiro atoms. The van der Waals surface area contributed by atoms with Crippen LogP contribution in [0.15, 0.2) is 54.6 Å². The number of hydrogen-bond acceptors (Lipinski definition) is 4. The van der Waals surface area contributed by atoms with Gasteiger partial charge < -0.3 is 19.9 Å². The normalized spacial score (nSPS) is 17.5. The lowest BCUT2D eigenvalue weighted by molar-refractivity contribution is -0.134. The number of nitrogens with zero attached hydrogens (tertiary/aromatic N) is 2. The molecule has 0 bridgehead atoms. The summed E-state index contributed by atoms with van der Waals surface area (Å²) in [4.78, 5) is 42.9. The second kappa shape index (κ2) is 10.5. The highest BCUT2D eigenvalue weighted by molar-refractivity contribution is 5.98. The van der Waals surface area contributed by atoms with E-state index in [9.17, 15) is 14.4 Å². The maximum absolute atomic E-state index is 13.4. The minimum absolute atomic E-state index is 0.0110. The molecule has 4 rings (SSSR count). The van der Waals surface area contributed by atoms with Gasteiger partial charge in [-0.15, -0.1) is 0 Å². The number of hydrogen-bond donors (Lipinski definition) is 1. The Kier molecular flexibility index (Phi) is 7.27. The maximum Gasteiger partial charge on any atom is 0.253 e. The van der Waals surface area contributed by atoms with Crippen molar-refractivity contribution in [2.75, 3.05) is 33.3 Å². The SMILES string of the molecule is COc1cccc(C(=O)N[C@H](C(=O)N2CCCC2)C2CCN(C(=O)c3ccccc3)CC2)c1. The van der Waals surface area contributed by atoms with Gasteiger partial charge in [-0.25, -0.2) is 0 Å². The van der Waals surface area contributed by atoms with Crippen molar-refractivity contribution in [1.82, 2.24) is 15.1 Å². The van der Waals surface area contributed by atoms with Crippen LogP contribution < -0.4 is 10.1 Å². The van der Waals surface area contributed by atoms with Gasteiger partial charge >= 0.3 is 0 Å². The van der Waals surface area contributed by atoms with Gasteiger partial charge in [0.05, 0.1) is 7.11 Å². The predicted molar refractivity (Wildman–Crippen MR) is 125 cm³/mol. The van der Waals surface area contributed by atoms with Gasteiger partial charge in [-0.2, -0.15) is 0 Å². The third-order valence-electron chi connectivity index (χ3n) is 6.62. The minimum atomic E-state index is -0.601. The topological polar surface area (TPSA) is 79.0 Å². The molecule has 2 fully saturated rings. The van der Waals surface area contributed by atoms with Crippen LogP contribution in [0.25, 0.3) is 0 Å². The lowest BCUT2D eigenvalue weighted by atomic mass is 9.88. The highest BCUT2D eigenvalue weighted by Gasteiger charge is 2.37. The van der Waals surface area contributed by atoms with Crippen molar-refractivity contribution in [3.63, 3.8) is 0 Å². The van der Waals surface area contributed by atoms with Gasteiger partial charge in [-0.1, -0.05) is 24.3 Å². The van der Waals surface area contributed by atoms with Crippen molar-refractivity contribution in [2.45, 2.75) is 31.7 Å². The number of methoxy groups -OCH3 is 1. The molecule has 2 aromatic rings. The van der Waals surface area contributed by atoms with Crippen LogP contribution in [-0.2, 0) is 4.79 Å². The molecule has 1 N–H and O–H groups in total. The fraction of sp³-hybridized carbons (Fsp3) is 0.423. The van der Waals surface area contributed by atoms with E-state index >= 15 is 0 Å². The number of benzene rings is 2. The van der Waals surface area contributed by atoms with E-state index in [0.717, 1.165) is 25.9 Å². The largest absolute Gasteiger partial charge is 0.497 e. The summed E-state index contributed by atoms with van der Waals surface area (Å²) in [5.41, 5.74) is 1.14. The number of piperidine rings is 1. The van der Waals surface area contributed by atoms with Gasteiger partial charge in [-0.3, -0.25) is 14.4 Å². The van der Waals surface area contributed by atoms with Crippen LogP contribution in [0.1, 0.15) is 46.4 Å². The molecule has 0 aliphatic carbocycles. The predicted octanol–water partition coefficient (Wildman–Crippen LogP) is 2.97. The molecule has 2 saturated heterocycles. The van der Waals surface area contributed by atoms with Crippen LogP contribution in [0.4, 0.5) is 0 Å². The zero-order chi connectivity index (χ0) is 23.2. The zero-order valence-electron chi connectivity index (χ0n) is 19.0. The van der Waals surface area contributed by atoms with E-state index in [2.05, 4.69) is 5.32 Å². The second-order valence-corrected chi connectivity index (χ2v) is 8.71. The fourth-order valence-corrected chi connectivity index (χ4v) is 4.70. The number of rotatable bonds is 6. The Balaban J connectivity index is 1.46. The lowest BCUT2D eigenvalue weighted by Gasteiger charge is -2.37. The molecule has 7 nitrogen and oxygen atoms in total. The molecule has 1 atom stereocenters. The third-order valence-corrected chi connectivity index (χ3v) is 6.62. The molecule has 33 heavy (non-hydrogen) atoms. The average Bonchev–Trinajstić information content (AvgIpc) is 3.42. The molecule has 3 amide bonds. The smallest absolute Gasteiger partial charge is 0.253 e. The number of carbonyl (C=O) groups is 3. The van der Waals surface area contributed by atoms with E-state index in [4.69, 9.17) is 4.74 Å². The first kappa shape index (κ1) is 22.8. The third kappa shape index (κ3) is 5.35. The van der Waals surface area contributed by atoms with E-state index in [1.165, 1.54) is 0 Å². The van der Waals surface area contributed by atoms with Crippen LogP contribution in [0.5, 0.6) is 5.75 Å². The fourth-order valence-electron chi connectivity index (χ4n) is 4.70. The van der Waals surface area contributed by atoms with E-state index in [1.54, 1.807) is 31.4 Å². The summed E-state index contributed by atoms with van der Waals surface area (Å²) in [5.74, 6) is 0.285. The summed E-state index contributed by atoms with van der Waals surface area (Å²) in [7, 11) is 1.56. The second-order valence-electron chi connectivity index (χ2n) is 8.71. The van der Waals surface area contributed by atoms with Crippen LogP contribution in [0.2, 0.25) is 0 Å². The molecule has 2 aliphatic rings. The van der Waals surface area contributed by atoms with Crippen molar-refractivity contribution >= 4 is 17.7 Å². The van der Waals surface area contributed by atoms with Gasteiger partial charge in [0.25, 0.3) is 11.8 Å². The van der Waals surface area contributed by atoms with Crippen LogP contribution in [0.3, 0.4) is 0 Å². The summed E-state index contributed by atoms with van der Waals surface area (Å²) in [6, 6.07) is 15.6. The summed E-state index contributed by atoms with van der Waals surface area (Å²) in [6.07, 6.45) is 3.32. The molecule has 174 valence electrons. The Bertz CT molecular complexity index is 980. The highest BCUT2D eigenvalue weighted by atomic mass is 16.5. The Morgan fingerprint density at radius 2 is 1.55 bits per heavy atom. The zero-order valence-corrected chi connectivity index (χ0v) is 19.0. The number of nitrogens with one attached hydrogen (secondary N) is 1. The van der Waals surface area contributed by atoms with Crippen molar-refractivity contribution in [3.8, 4) is 5.75 Å². The first-order valence-corrected chi connectivity index (χ1v) is 11.6. The number of carbonyl (C=O) groups excluding carboxylic acids is 3. The Morgan fingerprint density at radius 1 is 0.879 bits per heavy atom. The molecular weight excluding hydrogens is 418 g/mol. The Hall–Kier alpha value is -3.35. The van der Waals surface area contributed by atoms with Gasteiger partial charge in [0.2, 0.25) is 5.91 Å². The van der Waals surface area contributed by atoms with Gasteiger partial charge in [0.1, 0.15) is 11.8 Å². The van der Waals surface area contributed by atoms with E-state index in [1.807, 2.05) is 40.1 Å². The molecule has 0 aromatic heterocycles. The summed E-state index contributed by atoms with van der Waals surface area (Å²) in [5, 5.41) is 3.02. The van der Waals surface area contributed by atoms with E-state index < -0.39 is 6.04 Å². The molecular formula is C26H31N3O4. The van der Waals surface area contributed by atoms with Gasteiger partial charge in [0.15, 0.2) is 0 Å². The molecule has 0 radical (unpaired) electrons. The van der Waals surface area contributed by atoms with Crippen molar-refractivity contribution in [3.05, 3.63) is 65.7 Å². The molecule has 7 heteroatoms. The average molecular weight is 450 g/mol. The summed E-state index contributed by atoms with van der Waals surface area (Å²) < 4.78 is 5.23. The van der Waals surface area contributed by atoms with Crippen LogP contribution >= 0.6 is 0 Å². The van der Waals surface area contributed by atoms with Crippen LogP contribution in [-0.4, -0.2) is 66.9 Å². The van der Waals surface area contributed by atoms with Crippen LogP contribution in [0, 0.1) is 5.92 Å². The molecule has 0 saturated carbocycles. The monoisotopic (exact) mass is 449 g/mol. The minimum Gasteiger partial charge on any atom is -0.497 e. The number of ether oxygens (including phenoxy) is 1. The number of likely N-dealkylation sites (tertiary alicyclic amines) is 2.